The van der Waals surface area contributed by atoms with Gasteiger partial charge in [0, 0.05) is 16.6 Å². The van der Waals surface area contributed by atoms with Crippen molar-refractivity contribution >= 4 is 39.4 Å². The molecule has 0 unspecified atom stereocenters. The average molecular weight is 371 g/mol. The van der Waals surface area contributed by atoms with E-state index in [9.17, 15) is 9.90 Å². The lowest BCUT2D eigenvalue weighted by molar-refractivity contribution is 0.0697. The topological polar surface area (TPSA) is 132 Å². The Hall–Kier alpha value is -4.27. The average Bonchev–Trinajstić information content (AvgIpc) is 3.36. The number of hydrogen-bond acceptors (Lipinski definition) is 6. The Labute approximate surface area is 157 Å². The predicted molar refractivity (Wildman–Crippen MR) is 103 cm³/mol. The van der Waals surface area contributed by atoms with Gasteiger partial charge in [-0.1, -0.05) is 12.1 Å². The van der Waals surface area contributed by atoms with E-state index in [2.05, 4.69) is 35.7 Å². The minimum absolute atomic E-state index is 0.174. The molecule has 5 aromatic rings. The fourth-order valence-electron chi connectivity index (χ4n) is 3.00. The van der Waals surface area contributed by atoms with E-state index in [0.29, 0.717) is 28.2 Å². The summed E-state index contributed by atoms with van der Waals surface area (Å²) in [6.07, 6.45) is 3.36. The van der Waals surface area contributed by atoms with Crippen LogP contribution in [0.15, 0.2) is 54.9 Å². The number of nitrogens with one attached hydrogen (secondary N) is 3. The number of nitrogens with zero attached hydrogens (tertiary/aromatic N) is 4. The molecule has 28 heavy (non-hydrogen) atoms. The van der Waals surface area contributed by atoms with Gasteiger partial charge in [0.15, 0.2) is 11.6 Å². The summed E-state index contributed by atoms with van der Waals surface area (Å²) in [5.41, 5.74) is 3.77. The van der Waals surface area contributed by atoms with Gasteiger partial charge in [0.1, 0.15) is 11.0 Å². The molecule has 5 rings (SSSR count). The van der Waals surface area contributed by atoms with Gasteiger partial charge in [-0.15, -0.1) is 0 Å². The van der Waals surface area contributed by atoms with E-state index in [0.717, 1.165) is 16.6 Å². The maximum atomic E-state index is 11.3. The van der Waals surface area contributed by atoms with Crippen molar-refractivity contribution in [2.45, 2.75) is 0 Å². The van der Waals surface area contributed by atoms with Gasteiger partial charge in [0.2, 0.25) is 0 Å². The zero-order valence-electron chi connectivity index (χ0n) is 14.3. The molecule has 9 heteroatoms. The van der Waals surface area contributed by atoms with Crippen LogP contribution in [0.25, 0.3) is 33.3 Å². The maximum absolute atomic E-state index is 11.3. The molecule has 3 aromatic heterocycles. The fraction of sp³-hybridized carbons (Fsp3) is 0. The molecule has 0 bridgehead atoms. The lowest BCUT2D eigenvalue weighted by atomic mass is 10.1. The zero-order chi connectivity index (χ0) is 19.1. The minimum atomic E-state index is -1.00. The Morgan fingerprint density at radius 1 is 1.00 bits per heavy atom. The summed E-state index contributed by atoms with van der Waals surface area (Å²) in [5.74, 6) is -0.0586. The summed E-state index contributed by atoms with van der Waals surface area (Å²) in [7, 11) is 0. The molecule has 0 saturated carbocycles. The molecular weight excluding hydrogens is 358 g/mol. The van der Waals surface area contributed by atoms with Gasteiger partial charge in [-0.05, 0) is 30.3 Å². The molecule has 4 N–H and O–H groups in total. The van der Waals surface area contributed by atoms with E-state index >= 15 is 0 Å². The van der Waals surface area contributed by atoms with E-state index < -0.39 is 5.97 Å². The second-order valence-electron chi connectivity index (χ2n) is 6.21. The highest BCUT2D eigenvalue weighted by Crippen LogP contribution is 2.27. The number of aromatic amines is 2. The molecule has 0 spiro atoms. The summed E-state index contributed by atoms with van der Waals surface area (Å²) >= 11 is 0. The van der Waals surface area contributed by atoms with Crippen LogP contribution in [0.5, 0.6) is 0 Å². The van der Waals surface area contributed by atoms with E-state index in [-0.39, 0.29) is 5.56 Å². The van der Waals surface area contributed by atoms with Crippen molar-refractivity contribution in [3.63, 3.8) is 0 Å². The third kappa shape index (κ3) is 2.71. The predicted octanol–water partition coefficient (Wildman–Crippen LogP) is 3.34. The molecule has 3 heterocycles. The highest BCUT2D eigenvalue weighted by atomic mass is 16.4. The summed E-state index contributed by atoms with van der Waals surface area (Å²) in [4.78, 5) is 20.4. The highest BCUT2D eigenvalue weighted by Gasteiger charge is 2.13. The van der Waals surface area contributed by atoms with Crippen LogP contribution < -0.4 is 5.32 Å². The number of fused-ring (bicyclic) bond motifs is 2. The van der Waals surface area contributed by atoms with E-state index in [4.69, 9.17) is 0 Å². The molecule has 0 aliphatic heterocycles. The Balaban J connectivity index is 1.61. The quantitative estimate of drug-likeness (QED) is 0.381. The maximum Gasteiger partial charge on any atom is 0.335 e. The van der Waals surface area contributed by atoms with Crippen LogP contribution in [0, 0.1) is 0 Å². The lowest BCUT2D eigenvalue weighted by Crippen LogP contribution is -2.00. The van der Waals surface area contributed by atoms with Crippen molar-refractivity contribution in [1.82, 2.24) is 30.4 Å². The van der Waals surface area contributed by atoms with Crippen LogP contribution >= 0.6 is 0 Å². The second kappa shape index (κ2) is 6.16. The summed E-state index contributed by atoms with van der Waals surface area (Å²) in [5, 5.41) is 27.4. The molecule has 0 aliphatic carbocycles. The van der Waals surface area contributed by atoms with Gasteiger partial charge in [-0.25, -0.2) is 14.8 Å². The largest absolute Gasteiger partial charge is 0.478 e. The number of anilines is 2. The standard InChI is InChI=1S/C19H13N7O2/c27-19(28)11-3-1-2-10(6-11)17-23-15-9-21-26-16(15)18(24-17)22-13-5-4-12-8-20-25-14(12)7-13/h1-9H,(H,20,25)(H,21,26)(H,27,28)(H,22,23,24). The fourth-order valence-corrected chi connectivity index (χ4v) is 3.00. The molecule has 0 atom stereocenters. The van der Waals surface area contributed by atoms with Crippen LogP contribution in [-0.2, 0) is 0 Å². The summed E-state index contributed by atoms with van der Waals surface area (Å²) in [6, 6.07) is 12.3. The first-order valence-corrected chi connectivity index (χ1v) is 8.42. The lowest BCUT2D eigenvalue weighted by Gasteiger charge is -2.09. The van der Waals surface area contributed by atoms with E-state index in [1.54, 1.807) is 30.6 Å². The van der Waals surface area contributed by atoms with E-state index in [1.165, 1.54) is 6.07 Å². The van der Waals surface area contributed by atoms with Gasteiger partial charge >= 0.3 is 5.97 Å². The Kier molecular flexibility index (Phi) is 3.51. The molecule has 0 radical (unpaired) electrons. The number of benzene rings is 2. The molecule has 2 aromatic carbocycles. The Morgan fingerprint density at radius 2 is 1.89 bits per heavy atom. The molecule has 0 saturated heterocycles. The molecular formula is C19H13N7O2. The summed E-state index contributed by atoms with van der Waals surface area (Å²) < 4.78 is 0. The third-order valence-corrected chi connectivity index (χ3v) is 4.37. The normalized spacial score (nSPS) is 11.1. The number of aromatic nitrogens is 6. The Bertz CT molecular complexity index is 1340. The molecule has 136 valence electrons. The van der Waals surface area contributed by atoms with Crippen LogP contribution in [0.3, 0.4) is 0 Å². The zero-order valence-corrected chi connectivity index (χ0v) is 14.3. The number of carbonyl (C=O) groups is 1. The van der Waals surface area contributed by atoms with Crippen LogP contribution in [-0.4, -0.2) is 41.4 Å². The molecule has 0 amide bonds. The van der Waals surface area contributed by atoms with Crippen LogP contribution in [0.1, 0.15) is 10.4 Å². The minimum Gasteiger partial charge on any atom is -0.478 e. The first kappa shape index (κ1) is 15.9. The number of carboxylic acids is 1. The monoisotopic (exact) mass is 371 g/mol. The van der Waals surface area contributed by atoms with Gasteiger partial charge in [0.25, 0.3) is 0 Å². The SMILES string of the molecule is O=C(O)c1cccc(-c2nc(Nc3ccc4cn[nH]c4c3)c3[nH]ncc3n2)c1. The van der Waals surface area contributed by atoms with Crippen molar-refractivity contribution in [2.24, 2.45) is 0 Å². The molecule has 9 nitrogen and oxygen atoms in total. The highest BCUT2D eigenvalue weighted by molar-refractivity contribution is 5.91. The third-order valence-electron chi connectivity index (χ3n) is 4.37. The Morgan fingerprint density at radius 3 is 2.79 bits per heavy atom. The van der Waals surface area contributed by atoms with Gasteiger partial charge in [-0.2, -0.15) is 10.2 Å². The van der Waals surface area contributed by atoms with Gasteiger partial charge in [-0.3, -0.25) is 10.2 Å². The van der Waals surface area contributed by atoms with Crippen molar-refractivity contribution in [2.75, 3.05) is 5.32 Å². The van der Waals surface area contributed by atoms with Crippen molar-refractivity contribution in [3.8, 4) is 11.4 Å². The van der Waals surface area contributed by atoms with Crippen LogP contribution in [0.2, 0.25) is 0 Å². The molecule has 0 aliphatic rings. The van der Waals surface area contributed by atoms with Crippen molar-refractivity contribution in [3.05, 3.63) is 60.4 Å². The van der Waals surface area contributed by atoms with Crippen molar-refractivity contribution in [1.29, 1.82) is 0 Å². The second-order valence-corrected chi connectivity index (χ2v) is 6.21. The smallest absolute Gasteiger partial charge is 0.335 e. The van der Waals surface area contributed by atoms with Crippen molar-refractivity contribution < 1.29 is 9.90 Å². The number of H-pyrrole nitrogens is 2. The molecule has 0 fully saturated rings. The van der Waals surface area contributed by atoms with E-state index in [1.807, 2.05) is 18.2 Å². The van der Waals surface area contributed by atoms with Gasteiger partial charge < -0.3 is 10.4 Å². The number of hydrogen-bond donors (Lipinski definition) is 4. The first-order valence-electron chi connectivity index (χ1n) is 8.42. The van der Waals surface area contributed by atoms with Crippen LogP contribution in [0.4, 0.5) is 11.5 Å². The first-order chi connectivity index (χ1) is 13.7. The summed E-state index contributed by atoms with van der Waals surface area (Å²) in [6.45, 7) is 0. The number of rotatable bonds is 4. The number of carboxylic acid groups (broad SMARTS) is 1. The van der Waals surface area contributed by atoms with Gasteiger partial charge in [0.05, 0.1) is 23.5 Å². The number of aromatic carboxylic acids is 1.